The van der Waals surface area contributed by atoms with E-state index < -0.39 is 0 Å². The molecule has 0 atom stereocenters. The number of fused-ring (bicyclic) bond motifs is 1. The van der Waals surface area contributed by atoms with Gasteiger partial charge in [-0.3, -0.25) is 0 Å². The third kappa shape index (κ3) is 0.512. The molecular formula is C6H7N3. The Balaban J connectivity index is 2.92. The zero-order valence-corrected chi connectivity index (χ0v) is 4.81. The number of nitrogens with one attached hydrogen (secondary N) is 2. The summed E-state index contributed by atoms with van der Waals surface area (Å²) in [4.78, 5) is 5.94. The van der Waals surface area contributed by atoms with Crippen LogP contribution in [0.1, 0.15) is 0 Å². The first-order valence-corrected chi connectivity index (χ1v) is 2.77. The van der Waals surface area contributed by atoms with Crippen LogP contribution in [0.2, 0.25) is 0 Å². The molecule has 2 rings (SSSR count). The van der Waals surface area contributed by atoms with E-state index >= 15 is 0 Å². The van der Waals surface area contributed by atoms with Gasteiger partial charge in [-0.2, -0.15) is 0 Å². The van der Waals surface area contributed by atoms with E-state index in [4.69, 9.17) is 5.73 Å². The molecule has 0 fully saturated rings. The van der Waals surface area contributed by atoms with Gasteiger partial charge in [0.1, 0.15) is 5.82 Å². The summed E-state index contributed by atoms with van der Waals surface area (Å²) in [5.41, 5.74) is 6.53. The molecule has 0 saturated carbocycles. The number of hydrogen-bond donors (Lipinski definition) is 3. The zero-order valence-electron chi connectivity index (χ0n) is 4.81. The molecule has 0 aliphatic heterocycles. The first kappa shape index (κ1) is 4.49. The molecular weight excluding hydrogens is 114 g/mol. The lowest BCUT2D eigenvalue weighted by Gasteiger charge is -1.76. The fourth-order valence-electron chi connectivity index (χ4n) is 0.963. The van der Waals surface area contributed by atoms with Crippen LogP contribution in [-0.2, 0) is 0 Å². The second kappa shape index (κ2) is 1.31. The van der Waals surface area contributed by atoms with Crippen molar-refractivity contribution in [1.82, 2.24) is 9.97 Å². The highest BCUT2D eigenvalue weighted by atomic mass is 14.9. The van der Waals surface area contributed by atoms with Crippen LogP contribution in [0.4, 0.5) is 5.82 Å². The Morgan fingerprint density at radius 3 is 3.00 bits per heavy atom. The van der Waals surface area contributed by atoms with Crippen LogP contribution in [0.3, 0.4) is 0 Å². The van der Waals surface area contributed by atoms with Crippen molar-refractivity contribution < 1.29 is 0 Å². The molecule has 3 nitrogen and oxygen atoms in total. The molecule has 4 N–H and O–H groups in total. The summed E-state index contributed by atoms with van der Waals surface area (Å²) in [5, 5.41) is 1.13. The summed E-state index contributed by atoms with van der Waals surface area (Å²) in [7, 11) is 0. The van der Waals surface area contributed by atoms with Gasteiger partial charge in [-0.05, 0) is 6.07 Å². The van der Waals surface area contributed by atoms with Gasteiger partial charge in [-0.15, -0.1) is 0 Å². The summed E-state index contributed by atoms with van der Waals surface area (Å²) in [6.07, 6.45) is 3.79. The van der Waals surface area contributed by atoms with Crippen molar-refractivity contribution >= 4 is 16.7 Å². The summed E-state index contributed by atoms with van der Waals surface area (Å²) in [6.45, 7) is 0. The first-order valence-electron chi connectivity index (χ1n) is 2.77. The molecule has 0 unspecified atom stereocenters. The van der Waals surface area contributed by atoms with Gasteiger partial charge in [0.05, 0.1) is 5.52 Å². The van der Waals surface area contributed by atoms with Crippen molar-refractivity contribution in [3.05, 3.63) is 18.5 Å². The minimum Gasteiger partial charge on any atom is -0.385 e. The smallest absolute Gasteiger partial charge is 0.101 e. The van der Waals surface area contributed by atoms with E-state index in [1.807, 2.05) is 18.5 Å². The van der Waals surface area contributed by atoms with Gasteiger partial charge in [0.25, 0.3) is 0 Å². The molecule has 2 aromatic heterocycles. The van der Waals surface area contributed by atoms with Gasteiger partial charge in [-0.1, -0.05) is 0 Å². The highest BCUT2D eigenvalue weighted by Gasteiger charge is 1.94. The van der Waals surface area contributed by atoms with Crippen LogP contribution in [0.25, 0.3) is 10.9 Å². The average Bonchev–Trinajstić information content (AvgIpc) is 2.22. The number of anilines is 1. The molecule has 0 aromatic carbocycles. The Labute approximate surface area is 51.9 Å². The Morgan fingerprint density at radius 2 is 2.22 bits per heavy atom. The normalized spacial score (nSPS) is 10.7. The maximum absolute atomic E-state index is 5.47. The summed E-state index contributed by atoms with van der Waals surface area (Å²) < 4.78 is 0. The van der Waals surface area contributed by atoms with Gasteiger partial charge in [0, 0.05) is 17.8 Å². The lowest BCUT2D eigenvalue weighted by molar-refractivity contribution is 1.39. The van der Waals surface area contributed by atoms with Gasteiger partial charge in [0.2, 0.25) is 0 Å². The van der Waals surface area contributed by atoms with E-state index in [9.17, 15) is 0 Å². The van der Waals surface area contributed by atoms with Crippen molar-refractivity contribution in [2.75, 3.05) is 5.73 Å². The van der Waals surface area contributed by atoms with E-state index in [2.05, 4.69) is 9.97 Å². The summed E-state index contributed by atoms with van der Waals surface area (Å²) in [5.74, 6) is 0.717. The third-order valence-electron chi connectivity index (χ3n) is 1.37. The van der Waals surface area contributed by atoms with E-state index in [1.54, 1.807) is 0 Å². The van der Waals surface area contributed by atoms with Crippen molar-refractivity contribution in [1.29, 1.82) is 0 Å². The minimum absolute atomic E-state index is 0.717. The number of aromatic nitrogens is 2. The topological polar surface area (TPSA) is 57.6 Å². The summed E-state index contributed by atoms with van der Waals surface area (Å²) in [6, 6.07) is 1.89. The quantitative estimate of drug-likeness (QED) is 0.480. The molecule has 2 heterocycles. The van der Waals surface area contributed by atoms with Crippen LogP contribution in [0.5, 0.6) is 0 Å². The van der Waals surface area contributed by atoms with Crippen molar-refractivity contribution in [2.45, 2.75) is 0 Å². The highest BCUT2D eigenvalue weighted by Crippen LogP contribution is 2.14. The van der Waals surface area contributed by atoms with Gasteiger partial charge in [0.15, 0.2) is 0 Å². The molecule has 0 aliphatic carbocycles. The van der Waals surface area contributed by atoms with Crippen molar-refractivity contribution in [2.24, 2.45) is 0 Å². The number of rotatable bonds is 0. The lowest BCUT2D eigenvalue weighted by atomic mass is 10.4. The highest BCUT2D eigenvalue weighted by molar-refractivity contribution is 5.82. The van der Waals surface area contributed by atoms with E-state index in [1.165, 1.54) is 0 Å². The average molecular weight is 121 g/mol. The molecule has 0 aliphatic rings. The number of nitrogen functional groups attached to an aromatic ring is 1. The Morgan fingerprint density at radius 1 is 1.33 bits per heavy atom. The predicted octanol–water partition coefficient (Wildman–Crippen LogP) is 1.08. The lowest BCUT2D eigenvalue weighted by Crippen LogP contribution is -1.80. The molecule has 3 heteroatoms. The maximum atomic E-state index is 5.47. The number of hydrogen-bond acceptors (Lipinski definition) is 1. The Bertz CT molecular complexity index is 289. The molecule has 2 aromatic rings. The van der Waals surface area contributed by atoms with Crippen LogP contribution in [0.15, 0.2) is 18.5 Å². The van der Waals surface area contributed by atoms with Gasteiger partial charge in [-0.25, -0.2) is 0 Å². The predicted molar refractivity (Wildman–Crippen MR) is 37.1 cm³/mol. The fraction of sp³-hybridized carbons (Fsp3) is 0. The van der Waals surface area contributed by atoms with Crippen LogP contribution < -0.4 is 5.73 Å². The standard InChI is InChI=1S/C6H7N3/c7-6-1-4-2-8-3-5(4)9-6/h1-3,8-9H,7H2. The molecule has 0 bridgehead atoms. The molecule has 9 heavy (non-hydrogen) atoms. The van der Waals surface area contributed by atoms with Gasteiger partial charge < -0.3 is 15.7 Å². The maximum Gasteiger partial charge on any atom is 0.101 e. The molecule has 0 saturated heterocycles. The molecule has 0 spiro atoms. The minimum atomic E-state index is 0.717. The third-order valence-corrected chi connectivity index (χ3v) is 1.37. The first-order chi connectivity index (χ1) is 4.36. The van der Waals surface area contributed by atoms with Crippen LogP contribution in [-0.4, -0.2) is 9.97 Å². The number of aromatic amines is 2. The molecule has 46 valence electrons. The van der Waals surface area contributed by atoms with Crippen molar-refractivity contribution in [3.8, 4) is 0 Å². The zero-order chi connectivity index (χ0) is 6.27. The van der Waals surface area contributed by atoms with E-state index in [-0.39, 0.29) is 0 Å². The molecule has 0 radical (unpaired) electrons. The van der Waals surface area contributed by atoms with Crippen LogP contribution in [0, 0.1) is 0 Å². The fourth-order valence-corrected chi connectivity index (χ4v) is 0.963. The Kier molecular flexibility index (Phi) is 0.656. The SMILES string of the molecule is Nc1cc2c[nH]cc2[nH]1. The monoisotopic (exact) mass is 121 g/mol. The van der Waals surface area contributed by atoms with Crippen molar-refractivity contribution in [3.63, 3.8) is 0 Å². The van der Waals surface area contributed by atoms with E-state index in [0.717, 1.165) is 10.9 Å². The Hall–Kier alpha value is -1.38. The largest absolute Gasteiger partial charge is 0.385 e. The molecule has 0 amide bonds. The van der Waals surface area contributed by atoms with Crippen LogP contribution >= 0.6 is 0 Å². The number of nitrogens with two attached hydrogens (primary N) is 1. The number of H-pyrrole nitrogens is 2. The van der Waals surface area contributed by atoms with Gasteiger partial charge >= 0.3 is 0 Å². The van der Waals surface area contributed by atoms with E-state index in [0.29, 0.717) is 5.82 Å². The second-order valence-corrected chi connectivity index (χ2v) is 2.05. The summed E-state index contributed by atoms with van der Waals surface area (Å²) >= 11 is 0. The second-order valence-electron chi connectivity index (χ2n) is 2.05.